The number of ketones is 1. The second-order valence-corrected chi connectivity index (χ2v) is 8.02. The molecule has 29 heavy (non-hydrogen) atoms. The van der Waals surface area contributed by atoms with Gasteiger partial charge < -0.3 is 4.90 Å². The van der Waals surface area contributed by atoms with Crippen molar-refractivity contribution in [3.05, 3.63) is 77.9 Å². The lowest BCUT2D eigenvalue weighted by atomic mass is 9.83. The van der Waals surface area contributed by atoms with Crippen LogP contribution in [0.2, 0.25) is 0 Å². The SMILES string of the molecule is O=C(C(=O)N1CCC[C@@H]2CN(C/C=C/c3ccccc3)CC[C@H]21)c1ccccc1. The van der Waals surface area contributed by atoms with Crippen molar-refractivity contribution in [2.75, 3.05) is 26.2 Å². The molecule has 2 heterocycles. The molecule has 2 aliphatic rings. The fourth-order valence-corrected chi connectivity index (χ4v) is 4.64. The Labute approximate surface area is 172 Å². The van der Waals surface area contributed by atoms with Gasteiger partial charge in [0.05, 0.1) is 0 Å². The highest BCUT2D eigenvalue weighted by Crippen LogP contribution is 2.31. The number of fused-ring (bicyclic) bond motifs is 1. The Balaban J connectivity index is 1.36. The van der Waals surface area contributed by atoms with Crippen molar-refractivity contribution in [3.8, 4) is 0 Å². The molecule has 2 aromatic rings. The van der Waals surface area contributed by atoms with Crippen LogP contribution in [0, 0.1) is 5.92 Å². The third-order valence-corrected chi connectivity index (χ3v) is 6.12. The molecule has 4 nitrogen and oxygen atoms in total. The number of likely N-dealkylation sites (tertiary alicyclic amines) is 2. The second kappa shape index (κ2) is 9.19. The maximum atomic E-state index is 12.9. The summed E-state index contributed by atoms with van der Waals surface area (Å²) in [4.78, 5) is 29.9. The van der Waals surface area contributed by atoms with Crippen molar-refractivity contribution >= 4 is 17.8 Å². The molecule has 0 saturated carbocycles. The van der Waals surface area contributed by atoms with Crippen molar-refractivity contribution in [3.63, 3.8) is 0 Å². The van der Waals surface area contributed by atoms with E-state index in [1.54, 1.807) is 24.3 Å². The molecule has 0 aliphatic carbocycles. The van der Waals surface area contributed by atoms with Crippen LogP contribution in [0.4, 0.5) is 0 Å². The molecule has 2 aliphatic heterocycles. The van der Waals surface area contributed by atoms with Gasteiger partial charge in [-0.05, 0) is 30.7 Å². The molecule has 2 saturated heterocycles. The maximum absolute atomic E-state index is 12.9. The first-order chi connectivity index (χ1) is 14.2. The van der Waals surface area contributed by atoms with E-state index in [9.17, 15) is 9.59 Å². The summed E-state index contributed by atoms with van der Waals surface area (Å²) in [5.74, 6) is -0.252. The van der Waals surface area contributed by atoms with Crippen molar-refractivity contribution in [1.29, 1.82) is 0 Å². The molecular formula is C25H28N2O2. The number of nitrogens with zero attached hydrogens (tertiary/aromatic N) is 2. The van der Waals surface area contributed by atoms with Gasteiger partial charge in [-0.15, -0.1) is 0 Å². The number of Topliss-reactive ketones (excluding diaryl/α,β-unsaturated/α-hetero) is 1. The van der Waals surface area contributed by atoms with Gasteiger partial charge in [-0.25, -0.2) is 0 Å². The summed E-state index contributed by atoms with van der Waals surface area (Å²) in [6.45, 7) is 3.58. The van der Waals surface area contributed by atoms with Crippen molar-refractivity contribution in [2.24, 2.45) is 5.92 Å². The number of carbonyl (C=O) groups excluding carboxylic acids is 2. The lowest BCUT2D eigenvalue weighted by molar-refractivity contribution is -0.133. The monoisotopic (exact) mass is 388 g/mol. The van der Waals surface area contributed by atoms with E-state index >= 15 is 0 Å². The van der Waals surface area contributed by atoms with Crippen LogP contribution in [0.3, 0.4) is 0 Å². The number of carbonyl (C=O) groups is 2. The molecule has 0 aromatic heterocycles. The largest absolute Gasteiger partial charge is 0.332 e. The third kappa shape index (κ3) is 4.65. The van der Waals surface area contributed by atoms with E-state index in [1.165, 1.54) is 5.56 Å². The summed E-state index contributed by atoms with van der Waals surface area (Å²) >= 11 is 0. The van der Waals surface area contributed by atoms with Crippen LogP contribution in [0.5, 0.6) is 0 Å². The number of piperidine rings is 2. The van der Waals surface area contributed by atoms with E-state index in [2.05, 4.69) is 41.3 Å². The van der Waals surface area contributed by atoms with E-state index in [0.717, 1.165) is 38.9 Å². The Hall–Kier alpha value is -2.72. The molecule has 4 heteroatoms. The highest BCUT2D eigenvalue weighted by atomic mass is 16.2. The molecule has 0 unspecified atom stereocenters. The van der Waals surface area contributed by atoms with E-state index in [4.69, 9.17) is 0 Å². The molecule has 0 N–H and O–H groups in total. The van der Waals surface area contributed by atoms with Gasteiger partial charge in [0.25, 0.3) is 5.91 Å². The van der Waals surface area contributed by atoms with E-state index in [-0.39, 0.29) is 17.7 Å². The molecule has 2 fully saturated rings. The Morgan fingerprint density at radius 2 is 1.66 bits per heavy atom. The quantitative estimate of drug-likeness (QED) is 0.576. The lowest BCUT2D eigenvalue weighted by Gasteiger charge is -2.46. The van der Waals surface area contributed by atoms with Gasteiger partial charge in [-0.3, -0.25) is 14.5 Å². The molecule has 0 spiro atoms. The topological polar surface area (TPSA) is 40.6 Å². The summed E-state index contributed by atoms with van der Waals surface area (Å²) in [5.41, 5.74) is 1.71. The Bertz CT molecular complexity index is 863. The zero-order chi connectivity index (χ0) is 20.1. The molecule has 2 atom stereocenters. The van der Waals surface area contributed by atoms with Gasteiger partial charge in [0.1, 0.15) is 0 Å². The number of hydrogen-bond donors (Lipinski definition) is 0. The first-order valence-electron chi connectivity index (χ1n) is 10.6. The highest BCUT2D eigenvalue weighted by Gasteiger charge is 2.39. The fraction of sp³-hybridized carbons (Fsp3) is 0.360. The van der Waals surface area contributed by atoms with Crippen LogP contribution >= 0.6 is 0 Å². The van der Waals surface area contributed by atoms with E-state index in [0.29, 0.717) is 18.0 Å². The normalized spacial score (nSPS) is 22.4. The first-order valence-corrected chi connectivity index (χ1v) is 10.6. The van der Waals surface area contributed by atoms with Crippen molar-refractivity contribution in [1.82, 2.24) is 9.80 Å². The molecule has 150 valence electrons. The van der Waals surface area contributed by atoms with Crippen LogP contribution < -0.4 is 0 Å². The molecule has 1 amide bonds. The van der Waals surface area contributed by atoms with Gasteiger partial charge >= 0.3 is 0 Å². The predicted molar refractivity (Wildman–Crippen MR) is 116 cm³/mol. The van der Waals surface area contributed by atoms with Crippen LogP contribution in [0.15, 0.2) is 66.7 Å². The summed E-state index contributed by atoms with van der Waals surface area (Å²) in [5, 5.41) is 0. The maximum Gasteiger partial charge on any atom is 0.295 e. The van der Waals surface area contributed by atoms with Crippen molar-refractivity contribution in [2.45, 2.75) is 25.3 Å². The lowest BCUT2D eigenvalue weighted by Crippen LogP contribution is -2.57. The number of hydrogen-bond acceptors (Lipinski definition) is 3. The summed E-state index contributed by atoms with van der Waals surface area (Å²) in [6, 6.07) is 19.5. The standard InChI is InChI=1S/C25H28N2O2/c28-24(21-12-5-2-6-13-21)25(29)27-17-8-14-22-19-26(18-15-23(22)27)16-7-11-20-9-3-1-4-10-20/h1-7,9-13,22-23H,8,14-19H2/b11-7+/t22-,23-/m1/s1. The average molecular weight is 389 g/mol. The van der Waals surface area contributed by atoms with Gasteiger partial charge in [-0.1, -0.05) is 72.8 Å². The zero-order valence-electron chi connectivity index (χ0n) is 16.7. The van der Waals surface area contributed by atoms with Crippen LogP contribution in [-0.4, -0.2) is 53.7 Å². The van der Waals surface area contributed by atoms with Crippen molar-refractivity contribution < 1.29 is 9.59 Å². The number of benzene rings is 2. The molecule has 0 radical (unpaired) electrons. The van der Waals surface area contributed by atoms with E-state index in [1.807, 2.05) is 17.0 Å². The molecule has 0 bridgehead atoms. The van der Waals surface area contributed by atoms with Gasteiger partial charge in [0.2, 0.25) is 5.78 Å². The fourth-order valence-electron chi connectivity index (χ4n) is 4.64. The zero-order valence-corrected chi connectivity index (χ0v) is 16.7. The summed E-state index contributed by atoms with van der Waals surface area (Å²) < 4.78 is 0. The highest BCUT2D eigenvalue weighted by molar-refractivity contribution is 6.42. The van der Waals surface area contributed by atoms with Gasteiger partial charge in [-0.2, -0.15) is 0 Å². The minimum absolute atomic E-state index is 0.193. The van der Waals surface area contributed by atoms with E-state index < -0.39 is 0 Å². The van der Waals surface area contributed by atoms with Crippen LogP contribution in [-0.2, 0) is 4.79 Å². The van der Waals surface area contributed by atoms with Gasteiger partial charge in [0.15, 0.2) is 0 Å². The number of rotatable bonds is 5. The minimum atomic E-state index is -0.375. The summed E-state index contributed by atoms with van der Waals surface area (Å²) in [6.07, 6.45) is 7.44. The molecule has 2 aromatic carbocycles. The first kappa shape index (κ1) is 19.6. The smallest absolute Gasteiger partial charge is 0.295 e. The number of amides is 1. The second-order valence-electron chi connectivity index (χ2n) is 8.02. The predicted octanol–water partition coefficient (Wildman–Crippen LogP) is 3.90. The summed E-state index contributed by atoms with van der Waals surface area (Å²) in [7, 11) is 0. The van der Waals surface area contributed by atoms with Crippen LogP contribution in [0.25, 0.3) is 6.08 Å². The van der Waals surface area contributed by atoms with Crippen LogP contribution in [0.1, 0.15) is 35.2 Å². The Kier molecular flexibility index (Phi) is 6.20. The Morgan fingerprint density at radius 1 is 0.931 bits per heavy atom. The molecular weight excluding hydrogens is 360 g/mol. The van der Waals surface area contributed by atoms with Gasteiger partial charge in [0, 0.05) is 37.8 Å². The third-order valence-electron chi connectivity index (χ3n) is 6.12. The Morgan fingerprint density at radius 3 is 2.41 bits per heavy atom. The molecule has 4 rings (SSSR count). The average Bonchev–Trinajstić information content (AvgIpc) is 2.79. The minimum Gasteiger partial charge on any atom is -0.332 e.